The largest absolute Gasteiger partial charge is 0.456 e. The van der Waals surface area contributed by atoms with E-state index in [1.54, 1.807) is 0 Å². The summed E-state index contributed by atoms with van der Waals surface area (Å²) in [4.78, 5) is 2.42. The highest BCUT2D eigenvalue weighted by atomic mass is 16.3. The molecule has 0 unspecified atom stereocenters. The number of benzene rings is 8. The van der Waals surface area contributed by atoms with E-state index in [0.29, 0.717) is 0 Å². The summed E-state index contributed by atoms with van der Waals surface area (Å²) in [6, 6.07) is 58.5. The molecule has 0 aliphatic carbocycles. The molecule has 1 heterocycles. The highest BCUT2D eigenvalue weighted by Crippen LogP contribution is 2.47. The molecule has 44 heavy (non-hydrogen) atoms. The molecule has 206 valence electrons. The quantitative estimate of drug-likeness (QED) is 0.199. The second-order valence-corrected chi connectivity index (χ2v) is 11.3. The van der Waals surface area contributed by atoms with Gasteiger partial charge in [-0.1, -0.05) is 121 Å². The molecule has 8 aromatic carbocycles. The first-order valence-electron chi connectivity index (χ1n) is 15.0. The van der Waals surface area contributed by atoms with Gasteiger partial charge < -0.3 is 9.32 Å². The van der Waals surface area contributed by atoms with Crippen LogP contribution in [-0.4, -0.2) is 0 Å². The Balaban J connectivity index is 1.36. The number of para-hydroxylation sites is 2. The van der Waals surface area contributed by atoms with E-state index >= 15 is 0 Å². The smallest absolute Gasteiger partial charge is 0.136 e. The van der Waals surface area contributed by atoms with Gasteiger partial charge in [0.15, 0.2) is 0 Å². The van der Waals surface area contributed by atoms with Crippen LogP contribution >= 0.6 is 0 Å². The molecule has 0 saturated heterocycles. The molecule has 0 aliphatic heterocycles. The van der Waals surface area contributed by atoms with Gasteiger partial charge in [-0.2, -0.15) is 0 Å². The number of hydrogen-bond acceptors (Lipinski definition) is 2. The van der Waals surface area contributed by atoms with Crippen molar-refractivity contribution < 1.29 is 4.42 Å². The van der Waals surface area contributed by atoms with Gasteiger partial charge in [-0.15, -0.1) is 0 Å². The van der Waals surface area contributed by atoms with Crippen LogP contribution in [0.25, 0.3) is 65.4 Å². The molecule has 9 rings (SSSR count). The number of anilines is 3. The average molecular weight is 562 g/mol. The lowest BCUT2D eigenvalue weighted by molar-refractivity contribution is 0.669. The lowest BCUT2D eigenvalue weighted by Crippen LogP contribution is -2.11. The summed E-state index contributed by atoms with van der Waals surface area (Å²) in [6.07, 6.45) is 0. The fraction of sp³-hybridized carbons (Fsp3) is 0. The van der Waals surface area contributed by atoms with E-state index in [0.717, 1.165) is 50.1 Å². The summed E-state index contributed by atoms with van der Waals surface area (Å²) in [7, 11) is 0. The first-order valence-corrected chi connectivity index (χ1v) is 15.0. The molecule has 0 atom stereocenters. The van der Waals surface area contributed by atoms with Crippen LogP contribution in [0.1, 0.15) is 0 Å². The van der Waals surface area contributed by atoms with Gasteiger partial charge in [0.05, 0.1) is 11.4 Å². The van der Waals surface area contributed by atoms with Crippen molar-refractivity contribution in [1.29, 1.82) is 0 Å². The topological polar surface area (TPSA) is 16.4 Å². The van der Waals surface area contributed by atoms with Crippen molar-refractivity contribution in [3.8, 4) is 11.1 Å². The molecule has 0 aliphatic rings. The summed E-state index contributed by atoms with van der Waals surface area (Å²) in [5.74, 6) is 0. The van der Waals surface area contributed by atoms with Gasteiger partial charge in [0.2, 0.25) is 0 Å². The Morgan fingerprint density at radius 2 is 1.00 bits per heavy atom. The highest BCUT2D eigenvalue weighted by molar-refractivity contribution is 6.18. The van der Waals surface area contributed by atoms with Crippen molar-refractivity contribution in [2.45, 2.75) is 0 Å². The van der Waals surface area contributed by atoms with Crippen LogP contribution < -0.4 is 4.90 Å². The fourth-order valence-corrected chi connectivity index (χ4v) is 6.84. The lowest BCUT2D eigenvalue weighted by atomic mass is 9.95. The third kappa shape index (κ3) is 3.82. The van der Waals surface area contributed by atoms with Crippen LogP contribution in [0.5, 0.6) is 0 Å². The first kappa shape index (κ1) is 24.7. The molecule has 0 amide bonds. The predicted octanol–water partition coefficient (Wildman–Crippen LogP) is 12.2. The third-order valence-electron chi connectivity index (χ3n) is 8.80. The normalized spacial score (nSPS) is 11.6. The Morgan fingerprint density at radius 1 is 0.364 bits per heavy atom. The van der Waals surface area contributed by atoms with Gasteiger partial charge in [0.1, 0.15) is 11.2 Å². The minimum Gasteiger partial charge on any atom is -0.456 e. The summed E-state index contributed by atoms with van der Waals surface area (Å²) < 4.78 is 6.48. The van der Waals surface area contributed by atoms with Gasteiger partial charge in [-0.05, 0) is 75.0 Å². The zero-order valence-electron chi connectivity index (χ0n) is 23.9. The SMILES string of the molecule is c1ccc(N(c2ccccc2-c2cccc3oc4cc5ccccc5cc4c23)c2cc3ccccc3c3ccccc23)cc1. The van der Waals surface area contributed by atoms with Crippen molar-refractivity contribution in [2.75, 3.05) is 4.90 Å². The zero-order chi connectivity index (χ0) is 29.0. The van der Waals surface area contributed by atoms with E-state index in [1.807, 2.05) is 0 Å². The Kier molecular flexibility index (Phi) is 5.54. The molecule has 0 fully saturated rings. The molecule has 0 N–H and O–H groups in total. The highest BCUT2D eigenvalue weighted by Gasteiger charge is 2.22. The van der Waals surface area contributed by atoms with E-state index in [4.69, 9.17) is 4.42 Å². The standard InChI is InChI=1S/C42H27NO/c1-2-16-31(17-3-1)43(39-26-30-15-6-7-18-32(30)33-19-8-9-20-34(33)39)38-23-11-10-21-35(38)36-22-12-24-40-42(36)37-25-28-13-4-5-14-29(28)27-41(37)44-40/h1-27H. The van der Waals surface area contributed by atoms with E-state index in [-0.39, 0.29) is 0 Å². The van der Waals surface area contributed by atoms with Gasteiger partial charge in [-0.3, -0.25) is 0 Å². The van der Waals surface area contributed by atoms with Crippen LogP contribution in [-0.2, 0) is 0 Å². The van der Waals surface area contributed by atoms with Crippen molar-refractivity contribution in [1.82, 2.24) is 0 Å². The molecule has 0 saturated carbocycles. The number of hydrogen-bond donors (Lipinski definition) is 0. The lowest BCUT2D eigenvalue weighted by Gasteiger charge is -2.29. The maximum Gasteiger partial charge on any atom is 0.136 e. The summed E-state index contributed by atoms with van der Waals surface area (Å²) in [6.45, 7) is 0. The van der Waals surface area contributed by atoms with E-state index < -0.39 is 0 Å². The molecular formula is C42H27NO. The molecular weight excluding hydrogens is 534 g/mol. The van der Waals surface area contributed by atoms with E-state index in [2.05, 4.69) is 169 Å². The Bertz CT molecular complexity index is 2510. The molecule has 2 heteroatoms. The van der Waals surface area contributed by atoms with Crippen LogP contribution in [0.2, 0.25) is 0 Å². The average Bonchev–Trinajstić information content (AvgIpc) is 3.46. The minimum absolute atomic E-state index is 0.894. The zero-order valence-corrected chi connectivity index (χ0v) is 23.9. The molecule has 0 spiro atoms. The molecule has 9 aromatic rings. The minimum atomic E-state index is 0.894. The van der Waals surface area contributed by atoms with Crippen LogP contribution in [0, 0.1) is 0 Å². The Hall–Kier alpha value is -5.86. The fourth-order valence-electron chi connectivity index (χ4n) is 6.84. The predicted molar refractivity (Wildman–Crippen MR) is 186 cm³/mol. The van der Waals surface area contributed by atoms with Crippen molar-refractivity contribution in [2.24, 2.45) is 0 Å². The van der Waals surface area contributed by atoms with Gasteiger partial charge in [0.25, 0.3) is 0 Å². The third-order valence-corrected chi connectivity index (χ3v) is 8.80. The maximum absolute atomic E-state index is 6.48. The molecule has 0 bridgehead atoms. The first-order chi connectivity index (χ1) is 21.8. The molecule has 2 nitrogen and oxygen atoms in total. The van der Waals surface area contributed by atoms with E-state index in [1.165, 1.54) is 32.3 Å². The van der Waals surface area contributed by atoms with Crippen LogP contribution in [0.3, 0.4) is 0 Å². The van der Waals surface area contributed by atoms with E-state index in [9.17, 15) is 0 Å². The Morgan fingerprint density at radius 3 is 1.84 bits per heavy atom. The van der Waals surface area contributed by atoms with Gasteiger partial charge in [0, 0.05) is 27.4 Å². The monoisotopic (exact) mass is 561 g/mol. The number of nitrogens with zero attached hydrogens (tertiary/aromatic N) is 1. The van der Waals surface area contributed by atoms with Crippen molar-refractivity contribution in [3.05, 3.63) is 164 Å². The second kappa shape index (κ2) is 9.86. The molecule has 1 aromatic heterocycles. The number of rotatable bonds is 4. The second-order valence-electron chi connectivity index (χ2n) is 11.3. The number of fused-ring (bicyclic) bond motifs is 7. The molecule has 0 radical (unpaired) electrons. The summed E-state index contributed by atoms with van der Waals surface area (Å²) in [5.41, 5.74) is 7.47. The van der Waals surface area contributed by atoms with Gasteiger partial charge >= 0.3 is 0 Å². The Labute approximate surface area is 255 Å². The van der Waals surface area contributed by atoms with Crippen LogP contribution in [0.15, 0.2) is 168 Å². The van der Waals surface area contributed by atoms with Crippen LogP contribution in [0.4, 0.5) is 17.1 Å². The summed E-state index contributed by atoms with van der Waals surface area (Å²) >= 11 is 0. The van der Waals surface area contributed by atoms with Crippen molar-refractivity contribution in [3.63, 3.8) is 0 Å². The summed E-state index contributed by atoms with van der Waals surface area (Å²) in [5, 5.41) is 9.59. The maximum atomic E-state index is 6.48. The van der Waals surface area contributed by atoms with Crippen molar-refractivity contribution >= 4 is 71.3 Å². The van der Waals surface area contributed by atoms with Gasteiger partial charge in [-0.25, -0.2) is 0 Å². The number of furan rings is 1.